The fourth-order valence-electron chi connectivity index (χ4n) is 2.66. The smallest absolute Gasteiger partial charge is 0.0992 e. The summed E-state index contributed by atoms with van der Waals surface area (Å²) in [7, 11) is 0. The van der Waals surface area contributed by atoms with Crippen LogP contribution in [0.2, 0.25) is 8.67 Å². The number of halogens is 2. The third kappa shape index (κ3) is 3.15. The van der Waals surface area contributed by atoms with Crippen molar-refractivity contribution in [2.24, 2.45) is 17.7 Å². The van der Waals surface area contributed by atoms with Crippen molar-refractivity contribution in [3.05, 3.63) is 20.3 Å². The van der Waals surface area contributed by atoms with Gasteiger partial charge in [0.2, 0.25) is 0 Å². The van der Waals surface area contributed by atoms with Crippen LogP contribution >= 0.6 is 34.5 Å². The third-order valence-corrected chi connectivity index (χ3v) is 5.25. The van der Waals surface area contributed by atoms with E-state index in [-0.39, 0.29) is 6.04 Å². The predicted molar refractivity (Wildman–Crippen MR) is 75.5 cm³/mol. The van der Waals surface area contributed by atoms with Crippen LogP contribution in [-0.2, 0) is 0 Å². The van der Waals surface area contributed by atoms with Gasteiger partial charge in [0.05, 0.1) is 14.7 Å². The van der Waals surface area contributed by atoms with E-state index in [1.54, 1.807) is 0 Å². The maximum absolute atomic E-state index is 6.20. The average molecular weight is 293 g/mol. The number of thiophene rings is 1. The Morgan fingerprint density at radius 2 is 2.00 bits per heavy atom. The monoisotopic (exact) mass is 292 g/mol. The lowest BCUT2D eigenvalue weighted by atomic mass is 9.78. The summed E-state index contributed by atoms with van der Waals surface area (Å²) in [6.45, 7) is 2.32. The molecule has 0 spiro atoms. The molecule has 17 heavy (non-hydrogen) atoms. The Bertz CT molecular complexity index is 373. The summed E-state index contributed by atoms with van der Waals surface area (Å²) in [5, 5.41) is 0. The molecule has 96 valence electrons. The molecule has 1 unspecified atom stereocenters. The van der Waals surface area contributed by atoms with E-state index in [1.807, 2.05) is 6.07 Å². The van der Waals surface area contributed by atoms with Gasteiger partial charge in [0.15, 0.2) is 0 Å². The average Bonchev–Trinajstić information content (AvgIpc) is 2.62. The maximum Gasteiger partial charge on any atom is 0.0992 e. The van der Waals surface area contributed by atoms with Gasteiger partial charge in [0.1, 0.15) is 0 Å². The van der Waals surface area contributed by atoms with Gasteiger partial charge in [-0.15, -0.1) is 11.3 Å². The van der Waals surface area contributed by atoms with Gasteiger partial charge in [-0.25, -0.2) is 0 Å². The summed E-state index contributed by atoms with van der Waals surface area (Å²) in [6.07, 6.45) is 4.97. The number of rotatable bonds is 3. The van der Waals surface area contributed by atoms with Crippen LogP contribution in [0.3, 0.4) is 0 Å². The summed E-state index contributed by atoms with van der Waals surface area (Å²) in [5.74, 6) is 7.11. The molecule has 1 saturated carbocycles. The molecule has 0 aliphatic heterocycles. The lowest BCUT2D eigenvalue weighted by Gasteiger charge is -2.32. The third-order valence-electron chi connectivity index (χ3n) is 3.73. The van der Waals surface area contributed by atoms with Crippen molar-refractivity contribution in [3.8, 4) is 0 Å². The summed E-state index contributed by atoms with van der Waals surface area (Å²) in [6, 6.07) is 2.08. The van der Waals surface area contributed by atoms with Crippen LogP contribution in [0, 0.1) is 11.8 Å². The van der Waals surface area contributed by atoms with Crippen LogP contribution in [0.25, 0.3) is 0 Å². The van der Waals surface area contributed by atoms with E-state index in [0.29, 0.717) is 5.92 Å². The largest absolute Gasteiger partial charge is 0.271 e. The first-order valence-corrected chi connectivity index (χ1v) is 7.60. The first-order valence-electron chi connectivity index (χ1n) is 6.02. The van der Waals surface area contributed by atoms with Crippen molar-refractivity contribution >= 4 is 34.5 Å². The van der Waals surface area contributed by atoms with Crippen LogP contribution in [-0.4, -0.2) is 0 Å². The molecule has 0 radical (unpaired) electrons. The molecule has 1 aliphatic rings. The minimum atomic E-state index is 0.138. The molecule has 1 aromatic heterocycles. The molecule has 1 fully saturated rings. The van der Waals surface area contributed by atoms with Crippen molar-refractivity contribution in [3.63, 3.8) is 0 Å². The lowest BCUT2D eigenvalue weighted by Crippen LogP contribution is -2.35. The molecule has 3 N–H and O–H groups in total. The highest BCUT2D eigenvalue weighted by molar-refractivity contribution is 7.20. The first-order chi connectivity index (χ1) is 8.11. The van der Waals surface area contributed by atoms with E-state index in [9.17, 15) is 0 Å². The molecule has 1 aliphatic carbocycles. The van der Waals surface area contributed by atoms with Crippen molar-refractivity contribution in [2.75, 3.05) is 0 Å². The number of hydrazine groups is 1. The summed E-state index contributed by atoms with van der Waals surface area (Å²) in [5.41, 5.74) is 3.98. The van der Waals surface area contributed by atoms with E-state index in [4.69, 9.17) is 29.0 Å². The number of hydrogen-bond donors (Lipinski definition) is 2. The highest BCUT2D eigenvalue weighted by Gasteiger charge is 2.28. The molecule has 2 rings (SSSR count). The maximum atomic E-state index is 6.20. The molecule has 5 heteroatoms. The second-order valence-electron chi connectivity index (χ2n) is 4.94. The quantitative estimate of drug-likeness (QED) is 0.641. The second-order valence-corrected chi connectivity index (χ2v) is 7.23. The Morgan fingerprint density at radius 1 is 1.35 bits per heavy atom. The Labute approximate surface area is 116 Å². The molecule has 1 heterocycles. The topological polar surface area (TPSA) is 38.0 Å². The summed E-state index contributed by atoms with van der Waals surface area (Å²) >= 11 is 13.6. The Morgan fingerprint density at radius 3 is 2.47 bits per heavy atom. The fraction of sp³-hybridized carbons (Fsp3) is 0.667. The first kappa shape index (κ1) is 13.6. The molecular weight excluding hydrogens is 275 g/mol. The van der Waals surface area contributed by atoms with Gasteiger partial charge in [-0.1, -0.05) is 43.0 Å². The van der Waals surface area contributed by atoms with Crippen LogP contribution in [0.15, 0.2) is 6.07 Å². The Kier molecular flexibility index (Phi) is 4.72. The van der Waals surface area contributed by atoms with Gasteiger partial charge in [0, 0.05) is 5.56 Å². The molecular formula is C12H18Cl2N2S. The Balaban J connectivity index is 2.13. The summed E-state index contributed by atoms with van der Waals surface area (Å²) < 4.78 is 1.49. The highest BCUT2D eigenvalue weighted by Crippen LogP contribution is 2.42. The zero-order chi connectivity index (χ0) is 12.4. The zero-order valence-corrected chi connectivity index (χ0v) is 12.2. The van der Waals surface area contributed by atoms with Gasteiger partial charge in [0.25, 0.3) is 0 Å². The van der Waals surface area contributed by atoms with Gasteiger partial charge >= 0.3 is 0 Å². The molecule has 1 aromatic rings. The van der Waals surface area contributed by atoms with E-state index < -0.39 is 0 Å². The van der Waals surface area contributed by atoms with E-state index in [2.05, 4.69) is 12.3 Å². The van der Waals surface area contributed by atoms with Gasteiger partial charge in [-0.05, 0) is 30.7 Å². The van der Waals surface area contributed by atoms with Crippen LogP contribution in [0.1, 0.15) is 44.2 Å². The van der Waals surface area contributed by atoms with E-state index in [0.717, 1.165) is 20.2 Å². The standard InChI is InChI=1S/C12H18Cl2N2S/c1-7-2-4-8(5-3-7)11(16-15)9-6-10(13)17-12(9)14/h6-8,11,16H,2-5,15H2,1H3. The highest BCUT2D eigenvalue weighted by atomic mass is 35.5. The van der Waals surface area contributed by atoms with E-state index >= 15 is 0 Å². The number of nitrogens with two attached hydrogens (primary N) is 1. The normalized spacial score (nSPS) is 27.1. The van der Waals surface area contributed by atoms with Crippen molar-refractivity contribution < 1.29 is 0 Å². The zero-order valence-electron chi connectivity index (χ0n) is 9.88. The minimum absolute atomic E-state index is 0.138. The number of hydrogen-bond acceptors (Lipinski definition) is 3. The fourth-order valence-corrected chi connectivity index (χ4v) is 4.21. The molecule has 0 amide bonds. The number of nitrogens with one attached hydrogen (secondary N) is 1. The van der Waals surface area contributed by atoms with Crippen LogP contribution < -0.4 is 11.3 Å². The second kappa shape index (κ2) is 5.89. The summed E-state index contributed by atoms with van der Waals surface area (Å²) in [4.78, 5) is 0. The van der Waals surface area contributed by atoms with E-state index in [1.165, 1.54) is 37.0 Å². The molecule has 0 aromatic carbocycles. The van der Waals surface area contributed by atoms with Gasteiger partial charge in [-0.3, -0.25) is 11.3 Å². The molecule has 1 atom stereocenters. The predicted octanol–water partition coefficient (Wildman–Crippen LogP) is 4.39. The van der Waals surface area contributed by atoms with Crippen LogP contribution in [0.4, 0.5) is 0 Å². The lowest BCUT2D eigenvalue weighted by molar-refractivity contribution is 0.233. The van der Waals surface area contributed by atoms with Crippen molar-refractivity contribution in [1.29, 1.82) is 0 Å². The molecule has 0 saturated heterocycles. The minimum Gasteiger partial charge on any atom is -0.271 e. The van der Waals surface area contributed by atoms with Crippen LogP contribution in [0.5, 0.6) is 0 Å². The SMILES string of the molecule is CC1CCC(C(NN)c2cc(Cl)sc2Cl)CC1. The van der Waals surface area contributed by atoms with Gasteiger partial charge < -0.3 is 0 Å². The van der Waals surface area contributed by atoms with Gasteiger partial charge in [-0.2, -0.15) is 0 Å². The molecule has 0 bridgehead atoms. The molecule has 2 nitrogen and oxygen atoms in total. The van der Waals surface area contributed by atoms with Crippen molar-refractivity contribution in [2.45, 2.75) is 38.6 Å². The van der Waals surface area contributed by atoms with Crippen molar-refractivity contribution in [1.82, 2.24) is 5.43 Å². The Hall–Kier alpha value is 0.200.